The molecular weight excluding hydrogens is 312 g/mol. The number of urea groups is 1. The van der Waals surface area contributed by atoms with E-state index in [0.29, 0.717) is 16.5 Å². The van der Waals surface area contributed by atoms with E-state index in [1.807, 2.05) is 53.4 Å². The Morgan fingerprint density at radius 3 is 2.70 bits per heavy atom. The van der Waals surface area contributed by atoms with Crippen LogP contribution in [0.2, 0.25) is 5.02 Å². The number of likely N-dealkylation sites (tertiary alicyclic amines) is 1. The van der Waals surface area contributed by atoms with Gasteiger partial charge in [-0.05, 0) is 42.7 Å². The minimum absolute atomic E-state index is 0.0852. The van der Waals surface area contributed by atoms with E-state index >= 15 is 0 Å². The van der Waals surface area contributed by atoms with Crippen LogP contribution >= 0.6 is 11.6 Å². The summed E-state index contributed by atoms with van der Waals surface area (Å²) in [6.45, 7) is 0.744. The Kier molecular flexibility index (Phi) is 4.72. The Bertz CT molecular complexity index is 688. The molecule has 1 atom stereocenters. The number of nitrogens with zero attached hydrogens (tertiary/aromatic N) is 1. The lowest BCUT2D eigenvalue weighted by molar-refractivity contribution is 0.207. The number of methoxy groups -OCH3 is 1. The predicted octanol–water partition coefficient (Wildman–Crippen LogP) is 4.72. The molecule has 0 aromatic heterocycles. The Morgan fingerprint density at radius 1 is 1.22 bits per heavy atom. The van der Waals surface area contributed by atoms with Gasteiger partial charge in [-0.3, -0.25) is 0 Å². The van der Waals surface area contributed by atoms with Crippen LogP contribution in [0.15, 0.2) is 48.5 Å². The van der Waals surface area contributed by atoms with Gasteiger partial charge in [0.05, 0.1) is 18.8 Å². The standard InChI is InChI=1S/C18H19ClN2O2/c1-23-17-7-3-2-5-15(17)20-18(22)21-12-4-6-16(21)13-8-10-14(19)11-9-13/h2-3,5,7-11,16H,4,6,12H2,1H3,(H,20,22). The number of amides is 2. The topological polar surface area (TPSA) is 41.6 Å². The van der Waals surface area contributed by atoms with E-state index < -0.39 is 0 Å². The van der Waals surface area contributed by atoms with Crippen molar-refractivity contribution in [3.63, 3.8) is 0 Å². The first kappa shape index (κ1) is 15.7. The number of carbonyl (C=O) groups excluding carboxylic acids is 1. The number of halogens is 1. The number of hydrogen-bond donors (Lipinski definition) is 1. The summed E-state index contributed by atoms with van der Waals surface area (Å²) < 4.78 is 5.29. The van der Waals surface area contributed by atoms with E-state index in [0.717, 1.165) is 24.9 Å². The highest BCUT2D eigenvalue weighted by molar-refractivity contribution is 6.30. The van der Waals surface area contributed by atoms with Crippen molar-refractivity contribution < 1.29 is 9.53 Å². The molecule has 1 saturated heterocycles. The normalized spacial score (nSPS) is 17.1. The smallest absolute Gasteiger partial charge is 0.322 e. The van der Waals surface area contributed by atoms with E-state index in [-0.39, 0.29) is 12.1 Å². The van der Waals surface area contributed by atoms with Crippen molar-refractivity contribution in [3.8, 4) is 5.75 Å². The maximum atomic E-state index is 12.7. The molecule has 2 amide bonds. The molecule has 0 spiro atoms. The molecular formula is C18H19ClN2O2. The second kappa shape index (κ2) is 6.92. The molecule has 2 aromatic carbocycles. The van der Waals surface area contributed by atoms with Crippen LogP contribution < -0.4 is 10.1 Å². The summed E-state index contributed by atoms with van der Waals surface area (Å²) in [5.41, 5.74) is 1.80. The van der Waals surface area contributed by atoms with E-state index in [9.17, 15) is 4.79 Å². The van der Waals surface area contributed by atoms with Gasteiger partial charge in [-0.1, -0.05) is 35.9 Å². The number of ether oxygens (including phenoxy) is 1. The van der Waals surface area contributed by atoms with Gasteiger partial charge >= 0.3 is 6.03 Å². The summed E-state index contributed by atoms with van der Waals surface area (Å²) in [4.78, 5) is 14.5. The van der Waals surface area contributed by atoms with Crippen molar-refractivity contribution in [3.05, 3.63) is 59.1 Å². The summed E-state index contributed by atoms with van der Waals surface area (Å²) in [7, 11) is 1.59. The van der Waals surface area contributed by atoms with Gasteiger partial charge in [0.25, 0.3) is 0 Å². The fraction of sp³-hybridized carbons (Fsp3) is 0.278. The number of benzene rings is 2. The average Bonchev–Trinajstić information content (AvgIpc) is 3.06. The third-order valence-corrected chi connectivity index (χ3v) is 4.37. The number of para-hydroxylation sites is 2. The highest BCUT2D eigenvalue weighted by Gasteiger charge is 2.30. The van der Waals surface area contributed by atoms with E-state index in [1.165, 1.54) is 0 Å². The van der Waals surface area contributed by atoms with Crippen molar-refractivity contribution in [2.24, 2.45) is 0 Å². The Hall–Kier alpha value is -2.20. The van der Waals surface area contributed by atoms with Crippen LogP contribution in [-0.4, -0.2) is 24.6 Å². The molecule has 0 bridgehead atoms. The zero-order valence-corrected chi connectivity index (χ0v) is 13.7. The van der Waals surface area contributed by atoms with Gasteiger partial charge in [-0.15, -0.1) is 0 Å². The number of nitrogens with one attached hydrogen (secondary N) is 1. The second-order valence-electron chi connectivity index (χ2n) is 5.53. The Morgan fingerprint density at radius 2 is 1.96 bits per heavy atom. The molecule has 5 heteroatoms. The Labute approximate surface area is 141 Å². The van der Waals surface area contributed by atoms with Gasteiger partial charge in [0.2, 0.25) is 0 Å². The fourth-order valence-corrected chi connectivity index (χ4v) is 3.10. The van der Waals surface area contributed by atoms with Crippen molar-refractivity contribution >= 4 is 23.3 Å². The van der Waals surface area contributed by atoms with Crippen molar-refractivity contribution in [1.82, 2.24) is 4.90 Å². The monoisotopic (exact) mass is 330 g/mol. The molecule has 1 fully saturated rings. The minimum Gasteiger partial charge on any atom is -0.495 e. The van der Waals surface area contributed by atoms with Gasteiger partial charge in [0.15, 0.2) is 0 Å². The molecule has 0 radical (unpaired) electrons. The first-order valence-electron chi connectivity index (χ1n) is 7.65. The first-order chi connectivity index (χ1) is 11.2. The lowest BCUT2D eigenvalue weighted by Gasteiger charge is -2.25. The highest BCUT2D eigenvalue weighted by atomic mass is 35.5. The summed E-state index contributed by atoms with van der Waals surface area (Å²) >= 11 is 5.95. The maximum absolute atomic E-state index is 12.7. The van der Waals surface area contributed by atoms with Crippen LogP contribution in [0.25, 0.3) is 0 Å². The van der Waals surface area contributed by atoms with Gasteiger partial charge in [-0.25, -0.2) is 4.79 Å². The molecule has 1 N–H and O–H groups in total. The number of anilines is 1. The third-order valence-electron chi connectivity index (χ3n) is 4.12. The molecule has 1 heterocycles. The van der Waals surface area contributed by atoms with Gasteiger partial charge in [-0.2, -0.15) is 0 Å². The van der Waals surface area contributed by atoms with Crippen LogP contribution in [0.3, 0.4) is 0 Å². The van der Waals surface area contributed by atoms with Crippen molar-refractivity contribution in [2.75, 3.05) is 19.0 Å². The summed E-state index contributed by atoms with van der Waals surface area (Å²) in [6, 6.07) is 15.1. The highest BCUT2D eigenvalue weighted by Crippen LogP contribution is 2.33. The van der Waals surface area contributed by atoms with Crippen LogP contribution in [0.4, 0.5) is 10.5 Å². The molecule has 0 saturated carbocycles. The molecule has 120 valence electrons. The van der Waals surface area contributed by atoms with E-state index in [2.05, 4.69) is 5.32 Å². The Balaban J connectivity index is 1.77. The van der Waals surface area contributed by atoms with Crippen molar-refractivity contribution in [1.29, 1.82) is 0 Å². The van der Waals surface area contributed by atoms with E-state index in [1.54, 1.807) is 7.11 Å². The summed E-state index contributed by atoms with van der Waals surface area (Å²) in [6.07, 6.45) is 1.95. The van der Waals surface area contributed by atoms with Gasteiger partial charge < -0.3 is 15.0 Å². The van der Waals surface area contributed by atoms with Crippen LogP contribution in [0.1, 0.15) is 24.4 Å². The summed E-state index contributed by atoms with van der Waals surface area (Å²) in [5, 5.41) is 3.66. The van der Waals surface area contributed by atoms with Crippen molar-refractivity contribution in [2.45, 2.75) is 18.9 Å². The number of hydrogen-bond acceptors (Lipinski definition) is 2. The molecule has 23 heavy (non-hydrogen) atoms. The van der Waals surface area contributed by atoms with Crippen LogP contribution in [0.5, 0.6) is 5.75 Å². The van der Waals surface area contributed by atoms with E-state index in [4.69, 9.17) is 16.3 Å². The van der Waals surface area contributed by atoms with Gasteiger partial charge in [0, 0.05) is 11.6 Å². The molecule has 3 rings (SSSR count). The fourth-order valence-electron chi connectivity index (χ4n) is 2.98. The first-order valence-corrected chi connectivity index (χ1v) is 8.03. The van der Waals surface area contributed by atoms with Crippen LogP contribution in [0, 0.1) is 0 Å². The number of carbonyl (C=O) groups is 1. The maximum Gasteiger partial charge on any atom is 0.322 e. The zero-order chi connectivity index (χ0) is 16.2. The predicted molar refractivity (Wildman–Crippen MR) is 92.1 cm³/mol. The quantitative estimate of drug-likeness (QED) is 0.884. The average molecular weight is 331 g/mol. The molecule has 1 aliphatic heterocycles. The lowest BCUT2D eigenvalue weighted by atomic mass is 10.1. The van der Waals surface area contributed by atoms with Gasteiger partial charge in [0.1, 0.15) is 5.75 Å². The third kappa shape index (κ3) is 3.42. The molecule has 4 nitrogen and oxygen atoms in total. The number of rotatable bonds is 3. The molecule has 1 aliphatic rings. The SMILES string of the molecule is COc1ccccc1NC(=O)N1CCCC1c1ccc(Cl)cc1. The summed E-state index contributed by atoms with van der Waals surface area (Å²) in [5.74, 6) is 0.656. The van der Waals surface area contributed by atoms with Crippen LogP contribution in [-0.2, 0) is 0 Å². The minimum atomic E-state index is -0.105. The lowest BCUT2D eigenvalue weighted by Crippen LogP contribution is -2.34. The molecule has 0 aliphatic carbocycles. The largest absolute Gasteiger partial charge is 0.495 e. The second-order valence-corrected chi connectivity index (χ2v) is 5.97. The molecule has 2 aromatic rings. The molecule has 1 unspecified atom stereocenters. The zero-order valence-electron chi connectivity index (χ0n) is 13.0.